The Morgan fingerprint density at radius 1 is 1.34 bits per heavy atom. The van der Waals surface area contributed by atoms with E-state index in [2.05, 4.69) is 0 Å². The van der Waals surface area contributed by atoms with Gasteiger partial charge in [-0.05, 0) is 26.8 Å². The molecule has 1 aromatic carbocycles. The van der Waals surface area contributed by atoms with Crippen molar-refractivity contribution in [1.82, 2.24) is 9.55 Å². The summed E-state index contributed by atoms with van der Waals surface area (Å²) in [6.45, 7) is 1.80. The first kappa shape index (κ1) is 18.2. The summed E-state index contributed by atoms with van der Waals surface area (Å²) in [6.07, 6.45) is -3.11. The van der Waals surface area contributed by atoms with Gasteiger partial charge in [-0.2, -0.15) is 0 Å². The summed E-state index contributed by atoms with van der Waals surface area (Å²) in [5.41, 5.74) is -2.63. The Morgan fingerprint density at radius 3 is 2.94 bits per heavy atom. The Kier molecular flexibility index (Phi) is 4.19. The van der Waals surface area contributed by atoms with Crippen LogP contribution in [0.2, 0.25) is 0 Å². The smallest absolute Gasteiger partial charge is 0.404 e. The third kappa shape index (κ3) is 3.64. The molecule has 0 bridgehead atoms. The molecule has 4 heterocycles. The molecule has 11 nitrogen and oxygen atoms in total. The van der Waals surface area contributed by atoms with Crippen LogP contribution in [0, 0.1) is 0 Å². The van der Waals surface area contributed by atoms with Crippen LogP contribution < -0.4 is 15.8 Å². The van der Waals surface area contributed by atoms with Gasteiger partial charge in [0, 0.05) is 17.8 Å². The highest BCUT2D eigenvalue weighted by Crippen LogP contribution is 2.56. The topological polar surface area (TPSA) is 127 Å². The molecule has 1 N–H and O–H groups in total. The van der Waals surface area contributed by atoms with Crippen molar-refractivity contribution >= 4 is 7.82 Å². The van der Waals surface area contributed by atoms with Crippen molar-refractivity contribution in [2.24, 2.45) is 0 Å². The Labute approximate surface area is 187 Å². The summed E-state index contributed by atoms with van der Waals surface area (Å²) < 4.78 is 72.8. The molecule has 0 amide bonds. The first-order valence-corrected chi connectivity index (χ1v) is 11.3. The van der Waals surface area contributed by atoms with E-state index >= 15 is 0 Å². The number of aromatic nitrogens is 2. The van der Waals surface area contributed by atoms with Crippen molar-refractivity contribution in [3.63, 3.8) is 0 Å². The second-order valence-corrected chi connectivity index (χ2v) is 9.72. The molecule has 3 aliphatic rings. The number of benzene rings is 1. The number of aromatic amines is 1. The molecule has 1 unspecified atom stereocenters. The largest absolute Gasteiger partial charge is 0.530 e. The number of nitrogens with zero attached hydrogens (tertiary/aromatic N) is 1. The molecule has 5 rings (SSSR count). The van der Waals surface area contributed by atoms with Gasteiger partial charge in [0.2, 0.25) is 0 Å². The van der Waals surface area contributed by atoms with Gasteiger partial charge in [0.1, 0.15) is 23.6 Å². The Hall–Kier alpha value is -2.27. The van der Waals surface area contributed by atoms with E-state index in [1.54, 1.807) is 45.0 Å². The van der Waals surface area contributed by atoms with Crippen molar-refractivity contribution in [3.8, 4) is 5.75 Å². The molecule has 0 radical (unpaired) electrons. The average Bonchev–Trinajstić information content (AvgIpc) is 3.15. The van der Waals surface area contributed by atoms with E-state index in [4.69, 9.17) is 31.9 Å². The second kappa shape index (κ2) is 7.38. The van der Waals surface area contributed by atoms with E-state index in [-0.39, 0.29) is 12.4 Å². The van der Waals surface area contributed by atoms with Gasteiger partial charge in [-0.25, -0.2) is 9.36 Å². The summed E-state index contributed by atoms with van der Waals surface area (Å²) in [7, 11) is -4.42. The van der Waals surface area contributed by atoms with Crippen LogP contribution in [0.3, 0.4) is 0 Å². The second-order valence-electron chi connectivity index (χ2n) is 8.20. The fourth-order valence-corrected chi connectivity index (χ4v) is 5.18. The van der Waals surface area contributed by atoms with Crippen molar-refractivity contribution < 1.29 is 36.5 Å². The van der Waals surface area contributed by atoms with Crippen molar-refractivity contribution in [2.45, 2.75) is 57.2 Å². The molecular formula is C20H23N2O9P. The van der Waals surface area contributed by atoms with Gasteiger partial charge in [-0.3, -0.25) is 23.4 Å². The minimum atomic E-state index is -4.42. The lowest BCUT2D eigenvalue weighted by molar-refractivity contribution is -0.218. The van der Waals surface area contributed by atoms with E-state index in [9.17, 15) is 14.2 Å². The average molecular weight is 469 g/mol. The van der Waals surface area contributed by atoms with E-state index in [0.717, 1.165) is 10.8 Å². The zero-order valence-electron chi connectivity index (χ0n) is 20.4. The predicted octanol–water partition coefficient (Wildman–Crippen LogP) is 2.08. The van der Waals surface area contributed by atoms with Crippen LogP contribution in [0.15, 0.2) is 46.1 Å². The number of para-hydroxylation sites is 1. The molecule has 3 aliphatic heterocycles. The lowest BCUT2D eigenvalue weighted by Crippen LogP contribution is -2.45. The number of H-pyrrole nitrogens is 1. The third-order valence-electron chi connectivity index (χ3n) is 5.37. The molecule has 12 heteroatoms. The fraction of sp³-hybridized carbons (Fsp3) is 0.500. The zero-order chi connectivity index (χ0) is 25.4. The Bertz CT molecular complexity index is 1350. The van der Waals surface area contributed by atoms with Crippen molar-refractivity contribution in [1.29, 1.82) is 0 Å². The molecule has 0 saturated carbocycles. The summed E-state index contributed by atoms with van der Waals surface area (Å²) >= 11 is 0. The first-order valence-electron chi connectivity index (χ1n) is 11.3. The molecule has 2 aromatic rings. The van der Waals surface area contributed by atoms with Crippen LogP contribution >= 0.6 is 7.82 Å². The van der Waals surface area contributed by atoms with E-state index < -0.39 is 61.5 Å². The van der Waals surface area contributed by atoms with E-state index in [1.165, 1.54) is 0 Å². The predicted molar refractivity (Wildman–Crippen MR) is 109 cm³/mol. The third-order valence-corrected chi connectivity index (χ3v) is 6.56. The highest BCUT2D eigenvalue weighted by atomic mass is 31.2. The minimum Gasteiger partial charge on any atom is -0.404 e. The molecule has 2 fully saturated rings. The van der Waals surface area contributed by atoms with E-state index in [1.807, 2.05) is 4.98 Å². The van der Waals surface area contributed by atoms with Crippen LogP contribution in [0.25, 0.3) is 0 Å². The molecule has 2 saturated heterocycles. The molecule has 5 atom stereocenters. The molecular weight excluding hydrogens is 443 g/mol. The maximum absolute atomic E-state index is 13.2. The van der Waals surface area contributed by atoms with Gasteiger partial charge in [-0.1, -0.05) is 18.2 Å². The quantitative estimate of drug-likeness (QED) is 0.670. The summed E-state index contributed by atoms with van der Waals surface area (Å²) in [6, 6.07) is 6.15. The highest BCUT2D eigenvalue weighted by molar-refractivity contribution is 7.49. The number of hydrogen-bond donors (Lipinski definition) is 1. The van der Waals surface area contributed by atoms with Gasteiger partial charge >= 0.3 is 13.5 Å². The highest BCUT2D eigenvalue weighted by Gasteiger charge is 2.64. The number of phosphoric acid groups is 1. The molecule has 32 heavy (non-hydrogen) atoms. The van der Waals surface area contributed by atoms with Crippen LogP contribution in [0.4, 0.5) is 0 Å². The minimum absolute atomic E-state index is 0.121. The van der Waals surface area contributed by atoms with Crippen LogP contribution in [0.5, 0.6) is 5.75 Å². The van der Waals surface area contributed by atoms with Gasteiger partial charge in [0.05, 0.1) is 17.3 Å². The maximum Gasteiger partial charge on any atom is 0.530 e. The zero-order valence-corrected chi connectivity index (χ0v) is 18.3. The number of phosphoric ester groups is 1. The monoisotopic (exact) mass is 469 g/mol. The lowest BCUT2D eigenvalue weighted by Gasteiger charge is -2.30. The lowest BCUT2D eigenvalue weighted by atomic mass is 9.96. The Balaban J connectivity index is 1.50. The molecule has 0 spiro atoms. The number of hydrogen-bond acceptors (Lipinski definition) is 9. The molecule has 0 aliphatic carbocycles. The molecule has 172 valence electrons. The SMILES string of the molecule is [2H]c1cn([C@@H]2O[C@H](C([2H])([2H])OP3(=O)OCc4ccccc4O3)[C@H]3OC(C)(C)O[C@]32C)c(=O)[nH]c1=O. The van der Waals surface area contributed by atoms with Crippen LogP contribution in [0.1, 0.15) is 36.7 Å². The summed E-state index contributed by atoms with van der Waals surface area (Å²) in [4.78, 5) is 26.3. The fourth-order valence-electron chi connectivity index (χ4n) is 4.09. The molecule has 1 aromatic heterocycles. The maximum atomic E-state index is 13.2. The summed E-state index contributed by atoms with van der Waals surface area (Å²) in [5.74, 6) is -0.982. The van der Waals surface area contributed by atoms with E-state index in [0.29, 0.717) is 5.56 Å². The Morgan fingerprint density at radius 2 is 2.12 bits per heavy atom. The number of nitrogens with one attached hydrogen (secondary N) is 1. The van der Waals surface area contributed by atoms with Crippen LogP contribution in [-0.4, -0.2) is 39.7 Å². The van der Waals surface area contributed by atoms with Crippen molar-refractivity contribution in [2.75, 3.05) is 6.56 Å². The normalized spacial score (nSPS) is 37.0. The summed E-state index contributed by atoms with van der Waals surface area (Å²) in [5, 5.41) is 0. The number of ether oxygens (including phenoxy) is 3. The first-order chi connectivity index (χ1) is 16.2. The standard InChI is InChI=1S/C20H23N2O9P/c1-19(2)29-16-14(11-27-32(25)26-10-12-6-4-5-7-13(12)30-32)28-17(20(16,3)31-19)22-9-8-15(23)21-18(22)24/h4-9,14,16-17H,10-11H2,1-3H3,(H,21,23,24)/t14-,16-,17-,20-,32?/m1/s1/i8D,11D2. The van der Waals surface area contributed by atoms with Crippen molar-refractivity contribution in [3.05, 3.63) is 62.9 Å². The van der Waals surface area contributed by atoms with Gasteiger partial charge in [-0.15, -0.1) is 0 Å². The van der Waals surface area contributed by atoms with Gasteiger partial charge in [0.25, 0.3) is 5.56 Å². The number of fused-ring (bicyclic) bond motifs is 2. The van der Waals surface area contributed by atoms with Crippen LogP contribution in [-0.2, 0) is 34.4 Å². The van der Waals surface area contributed by atoms with Gasteiger partial charge < -0.3 is 18.7 Å². The van der Waals surface area contributed by atoms with Gasteiger partial charge in [0.15, 0.2) is 12.0 Å². The number of rotatable bonds is 4.